The zero-order chi connectivity index (χ0) is 14.0. The molecule has 7 nitrogen and oxygen atoms in total. The number of carboxylic acids is 1. The van der Waals surface area contributed by atoms with Crippen molar-refractivity contribution in [3.05, 3.63) is 29.6 Å². The highest BCUT2D eigenvalue weighted by Gasteiger charge is 2.32. The van der Waals surface area contributed by atoms with Crippen molar-refractivity contribution in [2.24, 2.45) is 0 Å². The second-order valence-electron chi connectivity index (χ2n) is 4.17. The van der Waals surface area contributed by atoms with E-state index in [-0.39, 0.29) is 17.2 Å². The normalized spacial score (nSPS) is 18.9. The number of aromatic nitrogens is 1. The first-order valence-electron chi connectivity index (χ1n) is 5.79. The molecule has 0 bridgehead atoms. The second-order valence-corrected chi connectivity index (χ2v) is 4.17. The number of carbonyl (C=O) groups excluding carboxylic acids is 2. The van der Waals surface area contributed by atoms with Crippen LogP contribution in [0.5, 0.6) is 0 Å². The van der Waals surface area contributed by atoms with Gasteiger partial charge in [-0.25, -0.2) is 4.79 Å². The van der Waals surface area contributed by atoms with Crippen LogP contribution in [-0.4, -0.2) is 51.9 Å². The second kappa shape index (κ2) is 5.05. The summed E-state index contributed by atoms with van der Waals surface area (Å²) >= 11 is 0. The monoisotopic (exact) mass is 263 g/mol. The SMILES string of the molecule is CC1C(=O)NCCN1C(=O)c1ncccc1C(=O)O. The molecule has 2 N–H and O–H groups in total. The maximum atomic E-state index is 12.3. The minimum Gasteiger partial charge on any atom is -0.478 e. The van der Waals surface area contributed by atoms with Crippen molar-refractivity contribution in [1.29, 1.82) is 0 Å². The molecule has 0 saturated carbocycles. The summed E-state index contributed by atoms with van der Waals surface area (Å²) in [6, 6.07) is 2.13. The first-order chi connectivity index (χ1) is 9.02. The van der Waals surface area contributed by atoms with Crippen LogP contribution in [0.25, 0.3) is 0 Å². The number of pyridine rings is 1. The number of nitrogens with zero attached hydrogens (tertiary/aromatic N) is 2. The smallest absolute Gasteiger partial charge is 0.338 e. The van der Waals surface area contributed by atoms with Crippen LogP contribution in [0, 0.1) is 0 Å². The van der Waals surface area contributed by atoms with E-state index in [0.29, 0.717) is 13.1 Å². The van der Waals surface area contributed by atoms with Gasteiger partial charge in [0.15, 0.2) is 0 Å². The summed E-state index contributed by atoms with van der Waals surface area (Å²) in [5.74, 6) is -2.02. The Morgan fingerprint density at radius 3 is 2.95 bits per heavy atom. The number of piperazine rings is 1. The van der Waals surface area contributed by atoms with Gasteiger partial charge in [0.05, 0.1) is 5.56 Å². The van der Waals surface area contributed by atoms with E-state index in [0.717, 1.165) is 0 Å². The molecule has 1 atom stereocenters. The largest absolute Gasteiger partial charge is 0.478 e. The van der Waals surface area contributed by atoms with Gasteiger partial charge in [-0.3, -0.25) is 14.6 Å². The molecule has 1 aromatic rings. The molecule has 0 aliphatic carbocycles. The molecule has 0 spiro atoms. The van der Waals surface area contributed by atoms with Gasteiger partial charge in [0.1, 0.15) is 11.7 Å². The number of nitrogens with one attached hydrogen (secondary N) is 1. The van der Waals surface area contributed by atoms with Crippen LogP contribution >= 0.6 is 0 Å². The summed E-state index contributed by atoms with van der Waals surface area (Å²) in [4.78, 5) is 40.0. The molecule has 2 rings (SSSR count). The molecular formula is C12H13N3O4. The number of carboxylic acid groups (broad SMARTS) is 1. The maximum absolute atomic E-state index is 12.3. The summed E-state index contributed by atoms with van der Waals surface area (Å²) in [5.41, 5.74) is -0.303. The summed E-state index contributed by atoms with van der Waals surface area (Å²) in [6.07, 6.45) is 1.36. The summed E-state index contributed by atoms with van der Waals surface area (Å²) in [6.45, 7) is 2.28. The average molecular weight is 263 g/mol. The number of hydrogen-bond acceptors (Lipinski definition) is 4. The Bertz CT molecular complexity index is 544. The van der Waals surface area contributed by atoms with Crippen LogP contribution in [0.1, 0.15) is 27.8 Å². The number of rotatable bonds is 2. The Morgan fingerprint density at radius 2 is 2.26 bits per heavy atom. The lowest BCUT2D eigenvalue weighted by atomic mass is 10.1. The van der Waals surface area contributed by atoms with Crippen LogP contribution in [0.4, 0.5) is 0 Å². The lowest BCUT2D eigenvalue weighted by molar-refractivity contribution is -0.127. The fourth-order valence-corrected chi connectivity index (χ4v) is 1.94. The molecule has 1 unspecified atom stereocenters. The predicted molar refractivity (Wildman–Crippen MR) is 64.7 cm³/mol. The lowest BCUT2D eigenvalue weighted by Crippen LogP contribution is -2.56. The maximum Gasteiger partial charge on any atom is 0.338 e. The highest BCUT2D eigenvalue weighted by Crippen LogP contribution is 2.13. The van der Waals surface area contributed by atoms with Gasteiger partial charge in [-0.05, 0) is 19.1 Å². The molecule has 0 aromatic carbocycles. The highest BCUT2D eigenvalue weighted by atomic mass is 16.4. The highest BCUT2D eigenvalue weighted by molar-refractivity contribution is 6.04. The van der Waals surface area contributed by atoms with E-state index in [4.69, 9.17) is 5.11 Å². The number of amides is 2. The van der Waals surface area contributed by atoms with Gasteiger partial charge < -0.3 is 15.3 Å². The van der Waals surface area contributed by atoms with Crippen molar-refractivity contribution < 1.29 is 19.5 Å². The zero-order valence-electron chi connectivity index (χ0n) is 10.3. The predicted octanol–water partition coefficient (Wildman–Crippen LogP) is -0.260. The average Bonchev–Trinajstić information content (AvgIpc) is 2.41. The molecule has 1 saturated heterocycles. The third-order valence-corrected chi connectivity index (χ3v) is 3.00. The van der Waals surface area contributed by atoms with Gasteiger partial charge in [0.2, 0.25) is 5.91 Å². The Labute approximate surface area is 109 Å². The van der Waals surface area contributed by atoms with Gasteiger partial charge in [-0.2, -0.15) is 0 Å². The molecule has 1 aliphatic heterocycles. The molecule has 1 aromatic heterocycles. The van der Waals surface area contributed by atoms with Gasteiger partial charge in [0, 0.05) is 19.3 Å². The van der Waals surface area contributed by atoms with E-state index < -0.39 is 17.9 Å². The van der Waals surface area contributed by atoms with E-state index in [2.05, 4.69) is 10.3 Å². The molecule has 1 fully saturated rings. The van der Waals surface area contributed by atoms with E-state index >= 15 is 0 Å². The molecule has 0 radical (unpaired) electrons. The Hall–Kier alpha value is -2.44. The molecule has 1 aliphatic rings. The Morgan fingerprint density at radius 1 is 1.53 bits per heavy atom. The molecule has 2 amide bonds. The number of aromatic carboxylic acids is 1. The summed E-state index contributed by atoms with van der Waals surface area (Å²) in [5, 5.41) is 11.7. The standard InChI is InChI=1S/C12H13N3O4/c1-7-10(16)14-5-6-15(7)11(17)9-8(12(18)19)3-2-4-13-9/h2-4,7H,5-6H2,1H3,(H,14,16)(H,18,19). The van der Waals surface area contributed by atoms with Crippen LogP contribution in [0.15, 0.2) is 18.3 Å². The first-order valence-corrected chi connectivity index (χ1v) is 5.79. The third-order valence-electron chi connectivity index (χ3n) is 3.00. The van der Waals surface area contributed by atoms with E-state index in [1.807, 2.05) is 0 Å². The molecule has 2 heterocycles. The van der Waals surface area contributed by atoms with Crippen LogP contribution < -0.4 is 5.32 Å². The fraction of sp³-hybridized carbons (Fsp3) is 0.333. The van der Waals surface area contributed by atoms with Crippen molar-refractivity contribution >= 4 is 17.8 Å². The molecule has 100 valence electrons. The molecular weight excluding hydrogens is 250 g/mol. The number of carbonyl (C=O) groups is 3. The Balaban J connectivity index is 2.34. The summed E-state index contributed by atoms with van der Waals surface area (Å²) < 4.78 is 0. The van der Waals surface area contributed by atoms with Crippen LogP contribution in [0.3, 0.4) is 0 Å². The topological polar surface area (TPSA) is 99.6 Å². The third kappa shape index (κ3) is 2.40. The minimum absolute atomic E-state index is 0.142. The fourth-order valence-electron chi connectivity index (χ4n) is 1.94. The van der Waals surface area contributed by atoms with E-state index in [1.165, 1.54) is 23.2 Å². The van der Waals surface area contributed by atoms with Gasteiger partial charge in [-0.15, -0.1) is 0 Å². The van der Waals surface area contributed by atoms with E-state index in [1.54, 1.807) is 6.92 Å². The first kappa shape index (κ1) is 13.0. The lowest BCUT2D eigenvalue weighted by Gasteiger charge is -2.32. The molecule has 7 heteroatoms. The van der Waals surface area contributed by atoms with Crippen LogP contribution in [-0.2, 0) is 4.79 Å². The van der Waals surface area contributed by atoms with E-state index in [9.17, 15) is 14.4 Å². The minimum atomic E-state index is -1.22. The van der Waals surface area contributed by atoms with Crippen molar-refractivity contribution in [2.75, 3.05) is 13.1 Å². The van der Waals surface area contributed by atoms with Crippen molar-refractivity contribution in [1.82, 2.24) is 15.2 Å². The Kier molecular flexibility index (Phi) is 3.46. The van der Waals surface area contributed by atoms with Crippen LogP contribution in [0.2, 0.25) is 0 Å². The zero-order valence-corrected chi connectivity index (χ0v) is 10.3. The van der Waals surface area contributed by atoms with Crippen molar-refractivity contribution in [2.45, 2.75) is 13.0 Å². The quantitative estimate of drug-likeness (QED) is 0.765. The van der Waals surface area contributed by atoms with Gasteiger partial charge in [0.25, 0.3) is 5.91 Å². The van der Waals surface area contributed by atoms with Gasteiger partial charge >= 0.3 is 5.97 Å². The molecule has 19 heavy (non-hydrogen) atoms. The van der Waals surface area contributed by atoms with Gasteiger partial charge in [-0.1, -0.05) is 0 Å². The van der Waals surface area contributed by atoms with Crippen molar-refractivity contribution in [3.63, 3.8) is 0 Å². The number of hydrogen-bond donors (Lipinski definition) is 2. The van der Waals surface area contributed by atoms with Crippen molar-refractivity contribution in [3.8, 4) is 0 Å². The summed E-state index contributed by atoms with van der Waals surface area (Å²) in [7, 11) is 0.